The highest BCUT2D eigenvalue weighted by Gasteiger charge is 2.22. The summed E-state index contributed by atoms with van der Waals surface area (Å²) >= 11 is 5.95. The SMILES string of the molecule is CC(CN1CCCC1)NS(=O)(=O)c1ccc(C(N)=S)s1. The fourth-order valence-electron chi connectivity index (χ4n) is 2.31. The van der Waals surface area contributed by atoms with Crippen LogP contribution in [0.1, 0.15) is 24.6 Å². The fourth-order valence-corrected chi connectivity index (χ4v) is 4.91. The molecule has 8 heteroatoms. The maximum absolute atomic E-state index is 12.2. The Morgan fingerprint density at radius 3 is 2.70 bits per heavy atom. The molecule has 5 nitrogen and oxygen atoms in total. The van der Waals surface area contributed by atoms with Crippen LogP contribution in [0.15, 0.2) is 16.3 Å². The minimum atomic E-state index is -3.49. The minimum Gasteiger partial charge on any atom is -0.389 e. The molecule has 1 aliphatic heterocycles. The molecular weight excluding hydrogens is 314 g/mol. The lowest BCUT2D eigenvalue weighted by molar-refractivity contribution is 0.313. The smallest absolute Gasteiger partial charge is 0.250 e. The van der Waals surface area contributed by atoms with Gasteiger partial charge in [-0.1, -0.05) is 12.2 Å². The number of thiophene rings is 1. The van der Waals surface area contributed by atoms with Gasteiger partial charge in [-0.15, -0.1) is 11.3 Å². The summed E-state index contributed by atoms with van der Waals surface area (Å²) in [6.45, 7) is 4.73. The van der Waals surface area contributed by atoms with Gasteiger partial charge >= 0.3 is 0 Å². The van der Waals surface area contributed by atoms with Crippen molar-refractivity contribution in [1.29, 1.82) is 0 Å². The average molecular weight is 334 g/mol. The second-order valence-corrected chi connectivity index (χ2v) is 8.48. The Bertz CT molecular complexity index is 577. The molecular formula is C12H19N3O2S3. The first-order valence-electron chi connectivity index (χ1n) is 6.53. The Kier molecular flexibility index (Phi) is 5.14. The van der Waals surface area contributed by atoms with Crippen LogP contribution in [0.3, 0.4) is 0 Å². The first-order chi connectivity index (χ1) is 9.38. The summed E-state index contributed by atoms with van der Waals surface area (Å²) in [7, 11) is -3.49. The summed E-state index contributed by atoms with van der Waals surface area (Å²) in [5, 5.41) is 0. The van der Waals surface area contributed by atoms with E-state index in [0.29, 0.717) is 4.88 Å². The van der Waals surface area contributed by atoms with Gasteiger partial charge in [0.1, 0.15) is 9.20 Å². The van der Waals surface area contributed by atoms with Gasteiger partial charge in [0.05, 0.1) is 4.88 Å². The number of sulfonamides is 1. The largest absolute Gasteiger partial charge is 0.389 e. The van der Waals surface area contributed by atoms with E-state index >= 15 is 0 Å². The van der Waals surface area contributed by atoms with Crippen molar-refractivity contribution in [3.8, 4) is 0 Å². The van der Waals surface area contributed by atoms with Crippen LogP contribution in [0, 0.1) is 0 Å². The number of rotatable bonds is 6. The van der Waals surface area contributed by atoms with Crippen molar-refractivity contribution in [3.63, 3.8) is 0 Å². The van der Waals surface area contributed by atoms with Gasteiger partial charge in [-0.2, -0.15) is 0 Å². The summed E-state index contributed by atoms with van der Waals surface area (Å²) in [5.74, 6) is 0. The van der Waals surface area contributed by atoms with Crippen LogP contribution in [0.5, 0.6) is 0 Å². The Balaban J connectivity index is 2.00. The molecule has 1 fully saturated rings. The van der Waals surface area contributed by atoms with E-state index in [1.54, 1.807) is 12.1 Å². The Morgan fingerprint density at radius 1 is 1.50 bits per heavy atom. The number of hydrogen-bond donors (Lipinski definition) is 2. The highest BCUT2D eigenvalue weighted by Crippen LogP contribution is 2.21. The normalized spacial score (nSPS) is 18.2. The van der Waals surface area contributed by atoms with Crippen molar-refractivity contribution in [2.75, 3.05) is 19.6 Å². The molecule has 0 aromatic carbocycles. The van der Waals surface area contributed by atoms with Crippen molar-refractivity contribution in [2.45, 2.75) is 30.0 Å². The van der Waals surface area contributed by atoms with Gasteiger partial charge in [0.25, 0.3) is 0 Å². The number of hydrogen-bond acceptors (Lipinski definition) is 5. The standard InChI is InChI=1S/C12H19N3O2S3/c1-9(8-15-6-2-3-7-15)14-20(16,17)11-5-4-10(19-11)12(13)18/h4-5,9,14H,2-3,6-8H2,1H3,(H2,13,18). The molecule has 3 N–H and O–H groups in total. The Morgan fingerprint density at radius 2 is 2.15 bits per heavy atom. The molecule has 0 saturated carbocycles. The van der Waals surface area contributed by atoms with Crippen LogP contribution in [0.25, 0.3) is 0 Å². The zero-order chi connectivity index (χ0) is 14.8. The summed E-state index contributed by atoms with van der Waals surface area (Å²) < 4.78 is 27.5. The molecule has 1 aliphatic rings. The maximum atomic E-state index is 12.2. The molecule has 1 unspecified atom stereocenters. The molecule has 1 aromatic rings. The van der Waals surface area contributed by atoms with E-state index in [2.05, 4.69) is 9.62 Å². The fraction of sp³-hybridized carbons (Fsp3) is 0.583. The van der Waals surface area contributed by atoms with Crippen molar-refractivity contribution in [3.05, 3.63) is 17.0 Å². The van der Waals surface area contributed by atoms with Gasteiger partial charge in [0.2, 0.25) is 10.0 Å². The number of nitrogens with one attached hydrogen (secondary N) is 1. The van der Waals surface area contributed by atoms with Crippen LogP contribution in [0.4, 0.5) is 0 Å². The first-order valence-corrected chi connectivity index (χ1v) is 9.23. The zero-order valence-corrected chi connectivity index (χ0v) is 13.8. The van der Waals surface area contributed by atoms with Crippen molar-refractivity contribution >= 4 is 38.6 Å². The van der Waals surface area contributed by atoms with Crippen LogP contribution in [-0.2, 0) is 10.0 Å². The van der Waals surface area contributed by atoms with E-state index in [-0.39, 0.29) is 15.2 Å². The van der Waals surface area contributed by atoms with Gasteiger partial charge in [-0.25, -0.2) is 13.1 Å². The van der Waals surface area contributed by atoms with Crippen molar-refractivity contribution < 1.29 is 8.42 Å². The second kappa shape index (κ2) is 6.48. The second-order valence-electron chi connectivity index (χ2n) is 5.01. The highest BCUT2D eigenvalue weighted by atomic mass is 32.2. The molecule has 1 aromatic heterocycles. The molecule has 0 amide bonds. The maximum Gasteiger partial charge on any atom is 0.250 e. The minimum absolute atomic E-state index is 0.117. The van der Waals surface area contributed by atoms with Gasteiger partial charge in [-0.3, -0.25) is 0 Å². The molecule has 20 heavy (non-hydrogen) atoms. The van der Waals surface area contributed by atoms with E-state index in [9.17, 15) is 8.42 Å². The molecule has 1 atom stereocenters. The Hall–Kier alpha value is -0.540. The number of nitrogens with two attached hydrogens (primary N) is 1. The molecule has 1 saturated heterocycles. The summed E-state index contributed by atoms with van der Waals surface area (Å²) in [6, 6.07) is 3.07. The molecule has 0 radical (unpaired) electrons. The monoisotopic (exact) mass is 333 g/mol. The van der Waals surface area contributed by atoms with Crippen molar-refractivity contribution in [2.24, 2.45) is 5.73 Å². The van der Waals surface area contributed by atoms with Gasteiger partial charge in [0.15, 0.2) is 0 Å². The number of likely N-dealkylation sites (tertiary alicyclic amines) is 1. The average Bonchev–Trinajstić information content (AvgIpc) is 2.97. The lowest BCUT2D eigenvalue weighted by atomic mass is 10.3. The topological polar surface area (TPSA) is 75.4 Å². The predicted octanol–water partition coefficient (Wildman–Crippen LogP) is 1.14. The predicted molar refractivity (Wildman–Crippen MR) is 85.7 cm³/mol. The summed E-state index contributed by atoms with van der Waals surface area (Å²) in [4.78, 5) is 3.12. The highest BCUT2D eigenvalue weighted by molar-refractivity contribution is 7.91. The van der Waals surface area contributed by atoms with E-state index in [1.165, 1.54) is 12.8 Å². The summed E-state index contributed by atoms with van der Waals surface area (Å²) in [6.07, 6.45) is 2.39. The van der Waals surface area contributed by atoms with Crippen LogP contribution in [0.2, 0.25) is 0 Å². The van der Waals surface area contributed by atoms with Crippen molar-refractivity contribution in [1.82, 2.24) is 9.62 Å². The number of nitrogens with zero attached hydrogens (tertiary/aromatic N) is 1. The van der Waals surface area contributed by atoms with E-state index in [1.807, 2.05) is 6.92 Å². The Labute approximate surface area is 129 Å². The first kappa shape index (κ1) is 15.8. The third kappa shape index (κ3) is 3.98. The van der Waals surface area contributed by atoms with Crippen LogP contribution >= 0.6 is 23.6 Å². The van der Waals surface area contributed by atoms with Crippen LogP contribution < -0.4 is 10.5 Å². The van der Waals surface area contributed by atoms with Gasteiger partial charge < -0.3 is 10.6 Å². The van der Waals surface area contributed by atoms with Gasteiger partial charge in [-0.05, 0) is 45.0 Å². The molecule has 112 valence electrons. The van der Waals surface area contributed by atoms with E-state index < -0.39 is 10.0 Å². The number of thiocarbonyl (C=S) groups is 1. The van der Waals surface area contributed by atoms with Crippen LogP contribution in [-0.4, -0.2) is 44.0 Å². The van der Waals surface area contributed by atoms with E-state index in [4.69, 9.17) is 18.0 Å². The molecule has 0 aliphatic carbocycles. The zero-order valence-electron chi connectivity index (χ0n) is 11.3. The molecule has 2 rings (SSSR count). The molecule has 0 spiro atoms. The third-order valence-corrected chi connectivity index (χ3v) is 6.73. The molecule has 0 bridgehead atoms. The van der Waals surface area contributed by atoms with Gasteiger partial charge in [0, 0.05) is 12.6 Å². The lowest BCUT2D eigenvalue weighted by Gasteiger charge is -2.20. The lowest BCUT2D eigenvalue weighted by Crippen LogP contribution is -2.40. The summed E-state index contributed by atoms with van der Waals surface area (Å²) in [5.41, 5.74) is 5.50. The van der Waals surface area contributed by atoms with E-state index in [0.717, 1.165) is 31.0 Å². The quantitative estimate of drug-likeness (QED) is 0.764. The third-order valence-electron chi connectivity index (χ3n) is 3.18. The molecule has 2 heterocycles.